The van der Waals surface area contributed by atoms with E-state index in [1.54, 1.807) is 18.5 Å². The molecule has 3 rings (SSSR count). The van der Waals surface area contributed by atoms with Gasteiger partial charge in [0, 0.05) is 30.2 Å². The third kappa shape index (κ3) is 1.28. The number of aromatic nitrogens is 2. The van der Waals surface area contributed by atoms with Crippen LogP contribution in [0.4, 0.5) is 0 Å². The van der Waals surface area contributed by atoms with Crippen LogP contribution in [-0.2, 0) is 12.8 Å². The molecule has 0 bridgehead atoms. The largest absolute Gasteiger partial charge is 0.328 e. The van der Waals surface area contributed by atoms with Crippen LogP contribution in [0.2, 0.25) is 0 Å². The highest BCUT2D eigenvalue weighted by atomic mass is 16.1. The van der Waals surface area contributed by atoms with Crippen molar-refractivity contribution in [2.75, 3.05) is 0 Å². The van der Waals surface area contributed by atoms with Crippen LogP contribution >= 0.6 is 0 Å². The normalized spacial score (nSPS) is 13.1. The van der Waals surface area contributed by atoms with E-state index in [-0.39, 0.29) is 5.56 Å². The van der Waals surface area contributed by atoms with Crippen LogP contribution in [0.3, 0.4) is 0 Å². The number of fused-ring (bicyclic) bond motifs is 3. The predicted octanol–water partition coefficient (Wildman–Crippen LogP) is 1.54. The van der Waals surface area contributed by atoms with Crippen LogP contribution in [0.1, 0.15) is 11.1 Å². The monoisotopic (exact) mass is 198 g/mol. The molecule has 3 nitrogen and oxygen atoms in total. The second kappa shape index (κ2) is 3.05. The van der Waals surface area contributed by atoms with Crippen molar-refractivity contribution in [1.82, 2.24) is 9.97 Å². The molecule has 2 aromatic rings. The molecule has 2 aromatic heterocycles. The molecule has 0 radical (unpaired) electrons. The summed E-state index contributed by atoms with van der Waals surface area (Å²) in [7, 11) is 0. The predicted molar refractivity (Wildman–Crippen MR) is 57.7 cm³/mol. The molecule has 0 aromatic carbocycles. The van der Waals surface area contributed by atoms with Crippen LogP contribution in [-0.4, -0.2) is 9.97 Å². The van der Waals surface area contributed by atoms with E-state index in [1.807, 2.05) is 12.3 Å². The van der Waals surface area contributed by atoms with E-state index in [1.165, 1.54) is 11.1 Å². The van der Waals surface area contributed by atoms with Gasteiger partial charge in [-0.25, -0.2) is 0 Å². The SMILES string of the molecule is O=c1cc2c(c[nH]1)-c1ccncc1CC2. The fourth-order valence-corrected chi connectivity index (χ4v) is 2.13. The molecular weight excluding hydrogens is 188 g/mol. The minimum atomic E-state index is -0.0220. The molecule has 2 heterocycles. The highest BCUT2D eigenvalue weighted by molar-refractivity contribution is 5.71. The van der Waals surface area contributed by atoms with Crippen LogP contribution in [0.15, 0.2) is 35.5 Å². The lowest BCUT2D eigenvalue weighted by Gasteiger charge is -2.18. The maximum atomic E-state index is 11.2. The van der Waals surface area contributed by atoms with E-state index in [4.69, 9.17) is 0 Å². The first-order valence-corrected chi connectivity index (χ1v) is 4.99. The maximum absolute atomic E-state index is 11.2. The molecule has 0 spiro atoms. The standard InChI is InChI=1S/C12H10N2O/c15-12-5-8-1-2-9-6-13-4-3-10(9)11(8)7-14-12/h3-7H,1-2H2,(H,14,15). The Balaban J connectivity index is 2.30. The van der Waals surface area contributed by atoms with Crippen molar-refractivity contribution < 1.29 is 0 Å². The average molecular weight is 198 g/mol. The van der Waals surface area contributed by atoms with Gasteiger partial charge in [0.1, 0.15) is 0 Å². The summed E-state index contributed by atoms with van der Waals surface area (Å²) in [4.78, 5) is 18.0. The third-order valence-corrected chi connectivity index (χ3v) is 2.87. The minimum absolute atomic E-state index is 0.0220. The highest BCUT2D eigenvalue weighted by Crippen LogP contribution is 2.30. The van der Waals surface area contributed by atoms with Gasteiger partial charge in [-0.2, -0.15) is 0 Å². The van der Waals surface area contributed by atoms with Gasteiger partial charge in [-0.3, -0.25) is 9.78 Å². The molecule has 0 aliphatic heterocycles. The zero-order valence-electron chi connectivity index (χ0n) is 8.16. The number of aryl methyl sites for hydroxylation is 2. The Hall–Kier alpha value is -1.90. The molecule has 1 aliphatic rings. The van der Waals surface area contributed by atoms with Crippen molar-refractivity contribution in [3.05, 3.63) is 52.2 Å². The minimum Gasteiger partial charge on any atom is -0.328 e. The molecule has 1 aliphatic carbocycles. The zero-order chi connectivity index (χ0) is 10.3. The lowest BCUT2D eigenvalue weighted by Crippen LogP contribution is -2.11. The second-order valence-electron chi connectivity index (χ2n) is 3.77. The molecule has 74 valence electrons. The second-order valence-corrected chi connectivity index (χ2v) is 3.77. The zero-order valence-corrected chi connectivity index (χ0v) is 8.16. The first kappa shape index (κ1) is 8.41. The number of H-pyrrole nitrogens is 1. The number of pyridine rings is 2. The van der Waals surface area contributed by atoms with Crippen LogP contribution in [0.25, 0.3) is 11.1 Å². The van der Waals surface area contributed by atoms with Crippen molar-refractivity contribution in [3.63, 3.8) is 0 Å². The number of hydrogen-bond donors (Lipinski definition) is 1. The van der Waals surface area contributed by atoms with Gasteiger partial charge in [0.25, 0.3) is 0 Å². The Morgan fingerprint density at radius 2 is 2.07 bits per heavy atom. The van der Waals surface area contributed by atoms with Gasteiger partial charge in [0.2, 0.25) is 5.56 Å². The van der Waals surface area contributed by atoms with Gasteiger partial charge in [0.15, 0.2) is 0 Å². The molecule has 1 N–H and O–H groups in total. The van der Waals surface area contributed by atoms with Gasteiger partial charge >= 0.3 is 0 Å². The summed E-state index contributed by atoms with van der Waals surface area (Å²) in [6.07, 6.45) is 7.40. The molecule has 0 unspecified atom stereocenters. The quantitative estimate of drug-likeness (QED) is 0.697. The van der Waals surface area contributed by atoms with E-state index in [2.05, 4.69) is 9.97 Å². The molecule has 0 saturated carbocycles. The van der Waals surface area contributed by atoms with E-state index < -0.39 is 0 Å². The maximum Gasteiger partial charge on any atom is 0.248 e. The summed E-state index contributed by atoms with van der Waals surface area (Å²) in [5.74, 6) is 0. The molecule has 0 saturated heterocycles. The van der Waals surface area contributed by atoms with Crippen molar-refractivity contribution in [2.45, 2.75) is 12.8 Å². The Bertz CT molecular complexity index is 572. The summed E-state index contributed by atoms with van der Waals surface area (Å²) in [5, 5.41) is 0. The Labute approximate surface area is 86.8 Å². The molecule has 0 amide bonds. The Morgan fingerprint density at radius 1 is 1.20 bits per heavy atom. The topological polar surface area (TPSA) is 45.8 Å². The summed E-state index contributed by atoms with van der Waals surface area (Å²) < 4.78 is 0. The van der Waals surface area contributed by atoms with Crippen molar-refractivity contribution in [3.8, 4) is 11.1 Å². The summed E-state index contributed by atoms with van der Waals surface area (Å²) >= 11 is 0. The van der Waals surface area contributed by atoms with Crippen LogP contribution in [0, 0.1) is 0 Å². The van der Waals surface area contributed by atoms with Crippen LogP contribution < -0.4 is 5.56 Å². The first-order chi connectivity index (χ1) is 7.34. The first-order valence-electron chi connectivity index (χ1n) is 4.99. The van der Waals surface area contributed by atoms with Gasteiger partial charge in [-0.1, -0.05) is 0 Å². The lowest BCUT2D eigenvalue weighted by molar-refractivity contribution is 0.922. The molecule has 15 heavy (non-hydrogen) atoms. The van der Waals surface area contributed by atoms with E-state index >= 15 is 0 Å². The average Bonchev–Trinajstić information content (AvgIpc) is 2.28. The number of nitrogens with one attached hydrogen (secondary N) is 1. The molecular formula is C12H10N2O. The fraction of sp³-hybridized carbons (Fsp3) is 0.167. The Morgan fingerprint density at radius 3 is 3.00 bits per heavy atom. The van der Waals surface area contributed by atoms with E-state index in [9.17, 15) is 4.79 Å². The van der Waals surface area contributed by atoms with Gasteiger partial charge < -0.3 is 4.98 Å². The van der Waals surface area contributed by atoms with Crippen molar-refractivity contribution in [2.24, 2.45) is 0 Å². The summed E-state index contributed by atoms with van der Waals surface area (Å²) in [6, 6.07) is 3.70. The van der Waals surface area contributed by atoms with Gasteiger partial charge in [-0.05, 0) is 35.6 Å². The number of nitrogens with zero attached hydrogens (tertiary/aromatic N) is 1. The van der Waals surface area contributed by atoms with E-state index in [0.29, 0.717) is 0 Å². The number of aromatic amines is 1. The Kier molecular flexibility index (Phi) is 1.71. The number of hydrogen-bond acceptors (Lipinski definition) is 2. The molecule has 0 atom stereocenters. The van der Waals surface area contributed by atoms with Gasteiger partial charge in [0.05, 0.1) is 0 Å². The summed E-state index contributed by atoms with van der Waals surface area (Å²) in [5.41, 5.74) is 4.71. The highest BCUT2D eigenvalue weighted by Gasteiger charge is 2.15. The third-order valence-electron chi connectivity index (χ3n) is 2.87. The fourth-order valence-electron chi connectivity index (χ4n) is 2.13. The van der Waals surface area contributed by atoms with Crippen molar-refractivity contribution >= 4 is 0 Å². The molecule has 3 heteroatoms. The smallest absolute Gasteiger partial charge is 0.248 e. The van der Waals surface area contributed by atoms with Crippen LogP contribution in [0.5, 0.6) is 0 Å². The van der Waals surface area contributed by atoms with Gasteiger partial charge in [-0.15, -0.1) is 0 Å². The summed E-state index contributed by atoms with van der Waals surface area (Å²) in [6.45, 7) is 0. The lowest BCUT2D eigenvalue weighted by atomic mass is 9.88. The molecule has 0 fully saturated rings. The van der Waals surface area contributed by atoms with Crippen molar-refractivity contribution in [1.29, 1.82) is 0 Å². The van der Waals surface area contributed by atoms with E-state index in [0.717, 1.165) is 24.0 Å². The number of rotatable bonds is 0.